The van der Waals surface area contributed by atoms with Gasteiger partial charge < -0.3 is 5.32 Å². The van der Waals surface area contributed by atoms with Crippen molar-refractivity contribution >= 4 is 34.8 Å². The molecule has 0 spiro atoms. The third-order valence-corrected chi connectivity index (χ3v) is 5.05. The molecule has 1 saturated heterocycles. The van der Waals surface area contributed by atoms with Crippen LogP contribution < -0.4 is 5.32 Å². The van der Waals surface area contributed by atoms with Crippen LogP contribution in [0.1, 0.15) is 11.1 Å². The number of nitrogens with one attached hydrogen (secondary N) is 1. The smallest absolute Gasteiger partial charge is 0.0624 e. The van der Waals surface area contributed by atoms with Gasteiger partial charge in [0.15, 0.2) is 0 Å². The molecule has 0 atom stereocenters. The SMILES string of the molecule is Clc1ccc(C2(Cc3cccc(Cl)c3Cl)CNC2)cc1. The van der Waals surface area contributed by atoms with Crippen LogP contribution in [0.3, 0.4) is 0 Å². The molecule has 0 saturated carbocycles. The molecular weight excluding hydrogens is 313 g/mol. The first-order chi connectivity index (χ1) is 9.61. The zero-order valence-electron chi connectivity index (χ0n) is 10.8. The Morgan fingerprint density at radius 2 is 1.65 bits per heavy atom. The Balaban J connectivity index is 1.94. The lowest BCUT2D eigenvalue weighted by Crippen LogP contribution is -2.58. The third-order valence-electron chi connectivity index (χ3n) is 3.94. The minimum atomic E-state index is 0.0823. The molecule has 0 aliphatic carbocycles. The first kappa shape index (κ1) is 14.2. The molecule has 20 heavy (non-hydrogen) atoms. The highest BCUT2D eigenvalue weighted by atomic mass is 35.5. The predicted octanol–water partition coefficient (Wildman–Crippen LogP) is 4.73. The summed E-state index contributed by atoms with van der Waals surface area (Å²) >= 11 is 18.4. The normalized spacial score (nSPS) is 16.8. The highest BCUT2D eigenvalue weighted by Crippen LogP contribution is 2.36. The molecule has 0 bridgehead atoms. The predicted molar refractivity (Wildman–Crippen MR) is 86.2 cm³/mol. The van der Waals surface area contributed by atoms with Crippen molar-refractivity contribution in [3.63, 3.8) is 0 Å². The summed E-state index contributed by atoms with van der Waals surface area (Å²) < 4.78 is 0. The second kappa shape index (κ2) is 5.57. The van der Waals surface area contributed by atoms with Crippen LogP contribution in [0.2, 0.25) is 15.1 Å². The van der Waals surface area contributed by atoms with Crippen LogP contribution >= 0.6 is 34.8 Å². The second-order valence-corrected chi connectivity index (χ2v) is 6.50. The summed E-state index contributed by atoms with van der Waals surface area (Å²) in [5, 5.41) is 5.40. The lowest BCUT2D eigenvalue weighted by Gasteiger charge is -2.43. The van der Waals surface area contributed by atoms with Gasteiger partial charge >= 0.3 is 0 Å². The molecule has 1 aliphatic rings. The van der Waals surface area contributed by atoms with E-state index in [4.69, 9.17) is 34.8 Å². The summed E-state index contributed by atoms with van der Waals surface area (Å²) in [6.07, 6.45) is 0.876. The van der Waals surface area contributed by atoms with Gasteiger partial charge in [0.1, 0.15) is 0 Å². The van der Waals surface area contributed by atoms with Crippen LogP contribution in [0.25, 0.3) is 0 Å². The van der Waals surface area contributed by atoms with Crippen LogP contribution in [0.4, 0.5) is 0 Å². The van der Waals surface area contributed by atoms with E-state index < -0.39 is 0 Å². The Bertz CT molecular complexity index is 618. The summed E-state index contributed by atoms with van der Waals surface area (Å²) in [4.78, 5) is 0. The van der Waals surface area contributed by atoms with Crippen molar-refractivity contribution < 1.29 is 0 Å². The Morgan fingerprint density at radius 1 is 0.950 bits per heavy atom. The second-order valence-electron chi connectivity index (χ2n) is 5.28. The Labute approximate surface area is 133 Å². The van der Waals surface area contributed by atoms with Crippen LogP contribution in [0, 0.1) is 0 Å². The van der Waals surface area contributed by atoms with Crippen LogP contribution in [-0.4, -0.2) is 13.1 Å². The fourth-order valence-corrected chi connectivity index (χ4v) is 3.22. The van der Waals surface area contributed by atoms with E-state index in [1.54, 1.807) is 0 Å². The van der Waals surface area contributed by atoms with Gasteiger partial charge in [-0.15, -0.1) is 0 Å². The van der Waals surface area contributed by atoms with Crippen molar-refractivity contribution in [1.29, 1.82) is 0 Å². The standard InChI is InChI=1S/C16H14Cl3N/c17-13-6-4-12(5-7-13)16(9-20-10-16)8-11-2-1-3-14(18)15(11)19/h1-7,20H,8-10H2. The molecule has 1 N–H and O–H groups in total. The molecule has 2 aromatic rings. The zero-order chi connectivity index (χ0) is 14.2. The topological polar surface area (TPSA) is 12.0 Å². The quantitative estimate of drug-likeness (QED) is 0.859. The highest BCUT2D eigenvalue weighted by Gasteiger charge is 2.39. The van der Waals surface area contributed by atoms with E-state index in [1.165, 1.54) is 5.56 Å². The molecule has 4 heteroatoms. The lowest BCUT2D eigenvalue weighted by molar-refractivity contribution is 0.275. The molecule has 0 amide bonds. The van der Waals surface area contributed by atoms with Crippen LogP contribution in [-0.2, 0) is 11.8 Å². The molecule has 0 radical (unpaired) electrons. The van der Waals surface area contributed by atoms with Crippen molar-refractivity contribution in [2.24, 2.45) is 0 Å². The summed E-state index contributed by atoms with van der Waals surface area (Å²) in [6, 6.07) is 13.9. The summed E-state index contributed by atoms with van der Waals surface area (Å²) in [5.41, 5.74) is 2.46. The van der Waals surface area contributed by atoms with E-state index in [0.717, 1.165) is 30.1 Å². The van der Waals surface area contributed by atoms with E-state index in [1.807, 2.05) is 30.3 Å². The third kappa shape index (κ3) is 2.56. The molecule has 1 heterocycles. The zero-order valence-corrected chi connectivity index (χ0v) is 13.1. The number of hydrogen-bond acceptors (Lipinski definition) is 1. The maximum atomic E-state index is 6.32. The minimum Gasteiger partial charge on any atom is -0.315 e. The Morgan fingerprint density at radius 3 is 2.25 bits per heavy atom. The monoisotopic (exact) mass is 325 g/mol. The molecule has 2 aromatic carbocycles. The first-order valence-corrected chi connectivity index (χ1v) is 7.64. The molecule has 104 valence electrons. The van der Waals surface area contributed by atoms with E-state index >= 15 is 0 Å². The van der Waals surface area contributed by atoms with Crippen molar-refractivity contribution in [3.05, 3.63) is 68.7 Å². The average molecular weight is 327 g/mol. The fourth-order valence-electron chi connectivity index (χ4n) is 2.71. The minimum absolute atomic E-state index is 0.0823. The van der Waals surface area contributed by atoms with Gasteiger partial charge in [0.25, 0.3) is 0 Å². The fraction of sp³-hybridized carbons (Fsp3) is 0.250. The van der Waals surface area contributed by atoms with Crippen LogP contribution in [0.15, 0.2) is 42.5 Å². The van der Waals surface area contributed by atoms with Crippen molar-refractivity contribution in [3.8, 4) is 0 Å². The number of benzene rings is 2. The number of rotatable bonds is 3. The summed E-state index contributed by atoms with van der Waals surface area (Å²) in [6.45, 7) is 1.88. The molecule has 0 aromatic heterocycles. The van der Waals surface area contributed by atoms with Crippen molar-refractivity contribution in [2.45, 2.75) is 11.8 Å². The summed E-state index contributed by atoms with van der Waals surface area (Å²) in [5.74, 6) is 0. The van der Waals surface area contributed by atoms with E-state index in [9.17, 15) is 0 Å². The molecular formula is C16H14Cl3N. The Kier molecular flexibility index (Phi) is 3.96. The van der Waals surface area contributed by atoms with Gasteiger partial charge in [-0.1, -0.05) is 59.1 Å². The first-order valence-electron chi connectivity index (χ1n) is 6.50. The van der Waals surface area contributed by atoms with Crippen molar-refractivity contribution in [1.82, 2.24) is 5.32 Å². The van der Waals surface area contributed by atoms with Gasteiger partial charge in [0.05, 0.1) is 10.0 Å². The lowest BCUT2D eigenvalue weighted by atomic mass is 9.71. The van der Waals surface area contributed by atoms with Gasteiger partial charge in [-0.25, -0.2) is 0 Å². The van der Waals surface area contributed by atoms with Gasteiger partial charge in [-0.05, 0) is 35.7 Å². The van der Waals surface area contributed by atoms with Gasteiger partial charge in [0.2, 0.25) is 0 Å². The molecule has 1 nitrogen and oxygen atoms in total. The maximum absolute atomic E-state index is 6.32. The van der Waals surface area contributed by atoms with Crippen molar-refractivity contribution in [2.75, 3.05) is 13.1 Å². The summed E-state index contributed by atoms with van der Waals surface area (Å²) in [7, 11) is 0. The highest BCUT2D eigenvalue weighted by molar-refractivity contribution is 6.42. The van der Waals surface area contributed by atoms with Gasteiger partial charge in [0, 0.05) is 23.5 Å². The number of hydrogen-bond donors (Lipinski definition) is 1. The molecule has 1 aliphatic heterocycles. The number of halogens is 3. The van der Waals surface area contributed by atoms with Gasteiger partial charge in [-0.2, -0.15) is 0 Å². The average Bonchev–Trinajstić information content (AvgIpc) is 2.40. The molecule has 1 fully saturated rings. The van der Waals surface area contributed by atoms with E-state index in [0.29, 0.717) is 10.0 Å². The van der Waals surface area contributed by atoms with E-state index in [2.05, 4.69) is 17.4 Å². The van der Waals surface area contributed by atoms with Crippen LogP contribution in [0.5, 0.6) is 0 Å². The maximum Gasteiger partial charge on any atom is 0.0624 e. The largest absolute Gasteiger partial charge is 0.315 e. The van der Waals surface area contributed by atoms with Gasteiger partial charge in [-0.3, -0.25) is 0 Å². The van der Waals surface area contributed by atoms with E-state index in [-0.39, 0.29) is 5.41 Å². The molecule has 3 rings (SSSR count). The Hall–Kier alpha value is -0.730. The molecule has 0 unspecified atom stereocenters.